The van der Waals surface area contributed by atoms with E-state index in [1.807, 2.05) is 48.5 Å². The van der Waals surface area contributed by atoms with Crippen LogP contribution in [-0.2, 0) is 6.54 Å². The molecule has 0 unspecified atom stereocenters. The molecule has 0 radical (unpaired) electrons. The average Bonchev–Trinajstić information content (AvgIpc) is 2.53. The standard InChI is InChI=1S/C18H22N2O/c1-3-20(4-2)14-15-9-8-12-17(13-15)19-18(21)16-10-6-5-7-11-16/h5-13H,3-4,14H2,1-2H3,(H,19,21). The lowest BCUT2D eigenvalue weighted by atomic mass is 10.1. The van der Waals surface area contributed by atoms with E-state index in [0.717, 1.165) is 25.3 Å². The Bertz CT molecular complexity index is 577. The molecule has 1 N–H and O–H groups in total. The van der Waals surface area contributed by atoms with Gasteiger partial charge < -0.3 is 5.32 Å². The second-order valence-corrected chi connectivity index (χ2v) is 4.98. The molecule has 0 saturated carbocycles. The van der Waals surface area contributed by atoms with Crippen LogP contribution in [0.5, 0.6) is 0 Å². The molecule has 1 amide bonds. The van der Waals surface area contributed by atoms with Crippen LogP contribution in [0.2, 0.25) is 0 Å². The summed E-state index contributed by atoms with van der Waals surface area (Å²) in [5, 5.41) is 2.95. The molecule has 2 rings (SSSR count). The summed E-state index contributed by atoms with van der Waals surface area (Å²) in [6.07, 6.45) is 0. The summed E-state index contributed by atoms with van der Waals surface area (Å²) in [5.41, 5.74) is 2.73. The fourth-order valence-corrected chi connectivity index (χ4v) is 2.25. The maximum Gasteiger partial charge on any atom is 0.255 e. The molecular formula is C18H22N2O. The normalized spacial score (nSPS) is 10.6. The van der Waals surface area contributed by atoms with E-state index >= 15 is 0 Å². The lowest BCUT2D eigenvalue weighted by Crippen LogP contribution is -2.22. The average molecular weight is 282 g/mol. The minimum absolute atomic E-state index is 0.0735. The van der Waals surface area contributed by atoms with Crippen LogP contribution in [0.3, 0.4) is 0 Å². The van der Waals surface area contributed by atoms with Crippen LogP contribution in [0, 0.1) is 0 Å². The fourth-order valence-electron chi connectivity index (χ4n) is 2.25. The largest absolute Gasteiger partial charge is 0.322 e. The number of nitrogens with one attached hydrogen (secondary N) is 1. The maximum atomic E-state index is 12.1. The van der Waals surface area contributed by atoms with Crippen LogP contribution in [0.15, 0.2) is 54.6 Å². The van der Waals surface area contributed by atoms with E-state index < -0.39 is 0 Å². The quantitative estimate of drug-likeness (QED) is 0.874. The van der Waals surface area contributed by atoms with Crippen molar-refractivity contribution in [3.63, 3.8) is 0 Å². The van der Waals surface area contributed by atoms with Gasteiger partial charge in [-0.25, -0.2) is 0 Å². The zero-order chi connectivity index (χ0) is 15.1. The first kappa shape index (κ1) is 15.3. The number of amides is 1. The highest BCUT2D eigenvalue weighted by molar-refractivity contribution is 6.04. The third-order valence-corrected chi connectivity index (χ3v) is 3.52. The number of hydrogen-bond donors (Lipinski definition) is 1. The predicted molar refractivity (Wildman–Crippen MR) is 87.5 cm³/mol. The van der Waals surface area contributed by atoms with Crippen molar-refractivity contribution < 1.29 is 4.79 Å². The Balaban J connectivity index is 2.06. The highest BCUT2D eigenvalue weighted by Crippen LogP contribution is 2.14. The molecule has 0 spiro atoms. The number of anilines is 1. The van der Waals surface area contributed by atoms with Gasteiger partial charge in [0, 0.05) is 17.8 Å². The van der Waals surface area contributed by atoms with Crippen molar-refractivity contribution >= 4 is 11.6 Å². The Hall–Kier alpha value is -2.13. The highest BCUT2D eigenvalue weighted by Gasteiger charge is 2.06. The second-order valence-electron chi connectivity index (χ2n) is 4.98. The topological polar surface area (TPSA) is 32.3 Å². The predicted octanol–water partition coefficient (Wildman–Crippen LogP) is 3.78. The fraction of sp³-hybridized carbons (Fsp3) is 0.278. The Labute approximate surface area is 126 Å². The van der Waals surface area contributed by atoms with Gasteiger partial charge in [0.2, 0.25) is 0 Å². The molecule has 110 valence electrons. The number of carbonyl (C=O) groups excluding carboxylic acids is 1. The van der Waals surface area contributed by atoms with Crippen molar-refractivity contribution in [2.75, 3.05) is 18.4 Å². The Morgan fingerprint density at radius 1 is 1.00 bits per heavy atom. The summed E-state index contributed by atoms with van der Waals surface area (Å²) in [7, 11) is 0. The lowest BCUT2D eigenvalue weighted by molar-refractivity contribution is 0.102. The first-order chi connectivity index (χ1) is 10.2. The smallest absolute Gasteiger partial charge is 0.255 e. The molecule has 0 fully saturated rings. The van der Waals surface area contributed by atoms with Gasteiger partial charge in [0.1, 0.15) is 0 Å². The van der Waals surface area contributed by atoms with Crippen molar-refractivity contribution in [1.82, 2.24) is 4.90 Å². The van der Waals surface area contributed by atoms with Crippen molar-refractivity contribution in [2.45, 2.75) is 20.4 Å². The zero-order valence-electron chi connectivity index (χ0n) is 12.7. The molecule has 0 bridgehead atoms. The van der Waals surface area contributed by atoms with E-state index in [9.17, 15) is 4.79 Å². The van der Waals surface area contributed by atoms with Crippen LogP contribution in [0.4, 0.5) is 5.69 Å². The van der Waals surface area contributed by atoms with E-state index in [-0.39, 0.29) is 5.91 Å². The SMILES string of the molecule is CCN(CC)Cc1cccc(NC(=O)c2ccccc2)c1. The van der Waals surface area contributed by atoms with Gasteiger partial charge in [0.15, 0.2) is 0 Å². The molecule has 0 aliphatic heterocycles. The van der Waals surface area contributed by atoms with E-state index in [0.29, 0.717) is 5.56 Å². The summed E-state index contributed by atoms with van der Waals surface area (Å²) in [6, 6.07) is 17.3. The van der Waals surface area contributed by atoms with Gasteiger partial charge in [-0.2, -0.15) is 0 Å². The van der Waals surface area contributed by atoms with Crippen molar-refractivity contribution in [1.29, 1.82) is 0 Å². The number of carbonyl (C=O) groups is 1. The van der Waals surface area contributed by atoms with E-state index in [1.165, 1.54) is 5.56 Å². The molecule has 0 aliphatic rings. The molecule has 2 aromatic carbocycles. The summed E-state index contributed by atoms with van der Waals surface area (Å²) < 4.78 is 0. The molecule has 0 aromatic heterocycles. The maximum absolute atomic E-state index is 12.1. The molecule has 3 heteroatoms. The highest BCUT2D eigenvalue weighted by atomic mass is 16.1. The van der Waals surface area contributed by atoms with Crippen LogP contribution in [0.25, 0.3) is 0 Å². The van der Waals surface area contributed by atoms with Crippen LogP contribution in [-0.4, -0.2) is 23.9 Å². The van der Waals surface area contributed by atoms with Gasteiger partial charge in [-0.3, -0.25) is 9.69 Å². The number of rotatable bonds is 6. The van der Waals surface area contributed by atoms with Crippen molar-refractivity contribution in [3.8, 4) is 0 Å². The molecule has 0 heterocycles. The van der Waals surface area contributed by atoms with E-state index in [4.69, 9.17) is 0 Å². The Morgan fingerprint density at radius 2 is 1.71 bits per heavy atom. The Kier molecular flexibility index (Phi) is 5.52. The van der Waals surface area contributed by atoms with Gasteiger partial charge in [0.25, 0.3) is 5.91 Å². The van der Waals surface area contributed by atoms with Crippen LogP contribution in [0.1, 0.15) is 29.8 Å². The monoisotopic (exact) mass is 282 g/mol. The summed E-state index contributed by atoms with van der Waals surface area (Å²) in [6.45, 7) is 7.27. The third kappa shape index (κ3) is 4.43. The minimum Gasteiger partial charge on any atom is -0.322 e. The number of benzene rings is 2. The van der Waals surface area contributed by atoms with Crippen molar-refractivity contribution in [3.05, 3.63) is 65.7 Å². The molecule has 3 nitrogen and oxygen atoms in total. The zero-order valence-corrected chi connectivity index (χ0v) is 12.7. The molecule has 2 aromatic rings. The minimum atomic E-state index is -0.0735. The van der Waals surface area contributed by atoms with Crippen molar-refractivity contribution in [2.24, 2.45) is 0 Å². The number of nitrogens with zero attached hydrogens (tertiary/aromatic N) is 1. The van der Waals surface area contributed by atoms with E-state index in [1.54, 1.807) is 0 Å². The Morgan fingerprint density at radius 3 is 2.38 bits per heavy atom. The van der Waals surface area contributed by atoms with Gasteiger partial charge in [-0.05, 0) is 42.9 Å². The van der Waals surface area contributed by atoms with Crippen LogP contribution < -0.4 is 5.32 Å². The first-order valence-electron chi connectivity index (χ1n) is 7.40. The first-order valence-corrected chi connectivity index (χ1v) is 7.40. The molecule has 0 atom stereocenters. The molecule has 0 saturated heterocycles. The van der Waals surface area contributed by atoms with Gasteiger partial charge in [0.05, 0.1) is 0 Å². The van der Waals surface area contributed by atoms with Crippen LogP contribution >= 0.6 is 0 Å². The van der Waals surface area contributed by atoms with Gasteiger partial charge >= 0.3 is 0 Å². The summed E-state index contributed by atoms with van der Waals surface area (Å²) in [4.78, 5) is 14.5. The molecular weight excluding hydrogens is 260 g/mol. The number of hydrogen-bond acceptors (Lipinski definition) is 2. The van der Waals surface area contributed by atoms with Gasteiger partial charge in [-0.15, -0.1) is 0 Å². The van der Waals surface area contributed by atoms with E-state index in [2.05, 4.69) is 30.1 Å². The molecule has 21 heavy (non-hydrogen) atoms. The lowest BCUT2D eigenvalue weighted by Gasteiger charge is -2.18. The summed E-state index contributed by atoms with van der Waals surface area (Å²) in [5.74, 6) is -0.0735. The summed E-state index contributed by atoms with van der Waals surface area (Å²) >= 11 is 0. The second kappa shape index (κ2) is 7.60. The van der Waals surface area contributed by atoms with Gasteiger partial charge in [-0.1, -0.05) is 44.2 Å². The third-order valence-electron chi connectivity index (χ3n) is 3.52. The molecule has 0 aliphatic carbocycles.